The maximum Gasteiger partial charge on any atom is 0.312 e. The van der Waals surface area contributed by atoms with Crippen LogP contribution in [0.1, 0.15) is 33.1 Å². The maximum atomic E-state index is 14.5. The number of nitrogens with zero attached hydrogens (tertiary/aromatic N) is 2. The summed E-state index contributed by atoms with van der Waals surface area (Å²) < 4.78 is 12.1. The van der Waals surface area contributed by atoms with E-state index < -0.39 is 41.6 Å². The number of hydrogen-bond acceptors (Lipinski definition) is 6. The molecule has 212 valence electrons. The molecule has 3 unspecified atom stereocenters. The van der Waals surface area contributed by atoms with Crippen molar-refractivity contribution in [1.82, 2.24) is 4.90 Å². The fourth-order valence-corrected chi connectivity index (χ4v) is 7.46. The Balaban J connectivity index is 1.81. The zero-order valence-corrected chi connectivity index (χ0v) is 24.6. The second-order valence-corrected chi connectivity index (χ2v) is 12.4. The van der Waals surface area contributed by atoms with Gasteiger partial charge in [0.05, 0.1) is 37.2 Å². The Morgan fingerprint density at radius 1 is 1.31 bits per heavy atom. The minimum atomic E-state index is -1.26. The topological polar surface area (TPSA) is 96.4 Å². The second-order valence-electron chi connectivity index (χ2n) is 10.8. The zero-order valence-electron chi connectivity index (χ0n) is 22.3. The van der Waals surface area contributed by atoms with Crippen LogP contribution in [-0.2, 0) is 23.9 Å². The SMILES string of the molecule is C=CCCOC(=O)[C@H]1[C@H]2C(=O)N([C@@H](CO)CC(C)C)C(C(=O)N(CC=C)c3ccc(Cl)cc3)C23CC(Br)[C@@H]1O3. The molecule has 0 saturated carbocycles. The van der Waals surface area contributed by atoms with Gasteiger partial charge in [0.15, 0.2) is 0 Å². The molecule has 3 aliphatic rings. The van der Waals surface area contributed by atoms with E-state index in [4.69, 9.17) is 21.1 Å². The van der Waals surface area contributed by atoms with Crippen molar-refractivity contribution in [2.45, 2.75) is 61.7 Å². The molecular weight excluding hydrogens is 588 g/mol. The van der Waals surface area contributed by atoms with Crippen molar-refractivity contribution in [3.63, 3.8) is 0 Å². The van der Waals surface area contributed by atoms with E-state index in [1.54, 1.807) is 41.3 Å². The number of aliphatic hydroxyl groups excluding tert-OH is 1. The third-order valence-electron chi connectivity index (χ3n) is 7.86. The number of amides is 2. The molecule has 1 spiro atoms. The molecule has 2 amide bonds. The van der Waals surface area contributed by atoms with E-state index in [-0.39, 0.29) is 42.3 Å². The molecule has 1 N–H and O–H groups in total. The van der Waals surface area contributed by atoms with Crippen molar-refractivity contribution < 1.29 is 29.0 Å². The van der Waals surface area contributed by atoms with Gasteiger partial charge in [0.1, 0.15) is 11.6 Å². The van der Waals surface area contributed by atoms with Crippen molar-refractivity contribution in [3.8, 4) is 0 Å². The van der Waals surface area contributed by atoms with Crippen molar-refractivity contribution >= 4 is 51.0 Å². The average molecular weight is 624 g/mol. The molecule has 8 nitrogen and oxygen atoms in total. The minimum absolute atomic E-state index is 0.144. The summed E-state index contributed by atoms with van der Waals surface area (Å²) in [6.07, 6.45) is 3.97. The molecule has 39 heavy (non-hydrogen) atoms. The monoisotopic (exact) mass is 622 g/mol. The number of carbonyl (C=O) groups excluding carboxylic acids is 3. The van der Waals surface area contributed by atoms with E-state index >= 15 is 0 Å². The number of carbonyl (C=O) groups is 3. The number of hydrogen-bond donors (Lipinski definition) is 1. The van der Waals surface area contributed by atoms with Crippen molar-refractivity contribution in [2.75, 3.05) is 24.7 Å². The first kappa shape index (κ1) is 29.8. The van der Waals surface area contributed by atoms with E-state index in [9.17, 15) is 19.5 Å². The summed E-state index contributed by atoms with van der Waals surface area (Å²) >= 11 is 9.77. The number of ether oxygens (including phenoxy) is 2. The van der Waals surface area contributed by atoms with Crippen LogP contribution < -0.4 is 4.90 Å². The van der Waals surface area contributed by atoms with Gasteiger partial charge in [-0.05, 0) is 49.4 Å². The number of alkyl halides is 1. The van der Waals surface area contributed by atoms with Gasteiger partial charge in [-0.2, -0.15) is 0 Å². The highest BCUT2D eigenvalue weighted by Crippen LogP contribution is 2.61. The zero-order chi connectivity index (χ0) is 28.5. The number of rotatable bonds is 12. The van der Waals surface area contributed by atoms with Crippen LogP contribution in [0, 0.1) is 17.8 Å². The molecule has 0 aliphatic carbocycles. The van der Waals surface area contributed by atoms with Gasteiger partial charge in [-0.3, -0.25) is 14.4 Å². The van der Waals surface area contributed by atoms with Crippen LogP contribution in [0.2, 0.25) is 5.02 Å². The van der Waals surface area contributed by atoms with Gasteiger partial charge >= 0.3 is 5.97 Å². The van der Waals surface area contributed by atoms with Gasteiger partial charge in [-0.1, -0.05) is 53.5 Å². The van der Waals surface area contributed by atoms with Gasteiger partial charge in [0.25, 0.3) is 5.91 Å². The van der Waals surface area contributed by atoms with E-state index in [2.05, 4.69) is 29.1 Å². The lowest BCUT2D eigenvalue weighted by atomic mass is 9.70. The molecule has 1 aromatic carbocycles. The number of likely N-dealkylation sites (tertiary alicyclic amines) is 1. The lowest BCUT2D eigenvalue weighted by molar-refractivity contribution is -0.155. The molecular formula is C29H36BrClN2O6. The van der Waals surface area contributed by atoms with E-state index in [0.29, 0.717) is 30.0 Å². The van der Waals surface area contributed by atoms with Crippen LogP contribution >= 0.6 is 27.5 Å². The van der Waals surface area contributed by atoms with Crippen LogP contribution in [0.15, 0.2) is 49.6 Å². The average Bonchev–Trinajstić information content (AvgIpc) is 3.49. The molecule has 2 bridgehead atoms. The number of benzene rings is 1. The van der Waals surface area contributed by atoms with Gasteiger partial charge in [0.2, 0.25) is 5.91 Å². The number of halogens is 2. The quantitative estimate of drug-likeness (QED) is 0.163. The second kappa shape index (κ2) is 12.1. The molecule has 3 aliphatic heterocycles. The normalized spacial score (nSPS) is 29.8. The Labute approximate surface area is 243 Å². The highest BCUT2D eigenvalue weighted by molar-refractivity contribution is 9.09. The van der Waals surface area contributed by atoms with Crippen molar-refractivity contribution in [1.29, 1.82) is 0 Å². The Bertz CT molecular complexity index is 1110. The van der Waals surface area contributed by atoms with Gasteiger partial charge in [-0.15, -0.1) is 13.2 Å². The fourth-order valence-electron chi connectivity index (χ4n) is 6.39. The first-order valence-electron chi connectivity index (χ1n) is 13.3. The van der Waals surface area contributed by atoms with E-state index in [0.717, 1.165) is 0 Å². The summed E-state index contributed by atoms with van der Waals surface area (Å²) in [6, 6.07) is 5.16. The van der Waals surface area contributed by atoms with E-state index in [1.807, 2.05) is 13.8 Å². The molecule has 3 heterocycles. The van der Waals surface area contributed by atoms with Gasteiger partial charge < -0.3 is 24.4 Å². The molecule has 0 radical (unpaired) electrons. The van der Waals surface area contributed by atoms with Crippen LogP contribution in [0.4, 0.5) is 5.69 Å². The predicted molar refractivity (Wildman–Crippen MR) is 153 cm³/mol. The van der Waals surface area contributed by atoms with Crippen LogP contribution in [0.3, 0.4) is 0 Å². The molecule has 4 rings (SSSR count). The predicted octanol–water partition coefficient (Wildman–Crippen LogP) is 4.13. The maximum absolute atomic E-state index is 14.5. The third-order valence-corrected chi connectivity index (χ3v) is 8.96. The Hall–Kier alpha value is -2.20. The lowest BCUT2D eigenvalue weighted by Crippen LogP contribution is -2.59. The first-order valence-corrected chi connectivity index (χ1v) is 14.6. The molecule has 3 fully saturated rings. The number of aliphatic hydroxyl groups is 1. The summed E-state index contributed by atoms with van der Waals surface area (Å²) in [6.45, 7) is 11.5. The van der Waals surface area contributed by atoms with Crippen molar-refractivity contribution in [3.05, 3.63) is 54.6 Å². The highest BCUT2D eigenvalue weighted by Gasteiger charge is 2.77. The van der Waals surface area contributed by atoms with Gasteiger partial charge in [0, 0.05) is 22.1 Å². The summed E-state index contributed by atoms with van der Waals surface area (Å²) in [4.78, 5) is 44.9. The largest absolute Gasteiger partial charge is 0.465 e. The molecule has 10 heteroatoms. The smallest absolute Gasteiger partial charge is 0.312 e. The number of anilines is 1. The minimum Gasteiger partial charge on any atom is -0.465 e. The Morgan fingerprint density at radius 3 is 2.59 bits per heavy atom. The van der Waals surface area contributed by atoms with Crippen LogP contribution in [0.5, 0.6) is 0 Å². The Kier molecular flexibility index (Phi) is 9.26. The lowest BCUT2D eigenvalue weighted by Gasteiger charge is -2.39. The fraction of sp³-hybridized carbons (Fsp3) is 0.552. The third kappa shape index (κ3) is 5.31. The molecule has 3 saturated heterocycles. The summed E-state index contributed by atoms with van der Waals surface area (Å²) in [5, 5.41) is 11.0. The molecule has 1 aromatic rings. The Morgan fingerprint density at radius 2 is 2.00 bits per heavy atom. The first-order chi connectivity index (χ1) is 18.6. The van der Waals surface area contributed by atoms with Crippen LogP contribution in [0.25, 0.3) is 0 Å². The molecule has 0 aromatic heterocycles. The standard InChI is InChI=1S/C29H36BrClN2O6/c1-5-7-13-38-28(37)22-23-26(35)33(20(16-34)14-17(3)4)25(29(23)15-21(30)24(22)39-29)27(36)32(12-6-2)19-10-8-18(31)9-11-19/h5-6,8-11,17,20-25,34H,1-2,7,12-16H2,3-4H3/t20-,21?,22+,23+,24+,25?,29?/m1/s1. The van der Waals surface area contributed by atoms with Crippen molar-refractivity contribution in [2.24, 2.45) is 17.8 Å². The number of esters is 1. The summed E-state index contributed by atoms with van der Waals surface area (Å²) in [5.41, 5.74) is -0.671. The molecule has 7 atom stereocenters. The van der Waals surface area contributed by atoms with E-state index in [1.165, 1.54) is 4.90 Å². The highest BCUT2D eigenvalue weighted by atomic mass is 79.9. The van der Waals surface area contributed by atoms with Crippen LogP contribution in [-0.4, -0.2) is 76.2 Å². The summed E-state index contributed by atoms with van der Waals surface area (Å²) in [7, 11) is 0. The van der Waals surface area contributed by atoms with Gasteiger partial charge in [-0.25, -0.2) is 0 Å². The summed E-state index contributed by atoms with van der Waals surface area (Å²) in [5.74, 6) is -2.89. The number of fused-ring (bicyclic) bond motifs is 1.